The minimum absolute atomic E-state index is 0.0465. The molecule has 196 valence electrons. The molecule has 1 aromatic rings. The number of phenols is 1. The molecule has 4 unspecified atom stereocenters. The first-order valence-electron chi connectivity index (χ1n) is 12.7. The fraction of sp³-hybridized carbons (Fsp3) is 0.667. The molecular weight excluding hydrogens is 446 g/mol. The highest BCUT2D eigenvalue weighted by atomic mass is 16.6. The summed E-state index contributed by atoms with van der Waals surface area (Å²) in [6, 6.07) is 4.57. The van der Waals surface area contributed by atoms with Gasteiger partial charge >= 0.3 is 6.09 Å². The highest BCUT2D eigenvalue weighted by molar-refractivity contribution is 5.93. The Hall–Kier alpha value is -2.77. The molecule has 0 aromatic heterocycles. The highest BCUT2D eigenvalue weighted by Crippen LogP contribution is 2.42. The number of alkyl carbamates (subject to hydrolysis) is 1. The van der Waals surface area contributed by atoms with E-state index in [-0.39, 0.29) is 35.4 Å². The van der Waals surface area contributed by atoms with Gasteiger partial charge in [-0.25, -0.2) is 4.79 Å². The molecule has 0 heterocycles. The fourth-order valence-corrected chi connectivity index (χ4v) is 4.12. The van der Waals surface area contributed by atoms with Gasteiger partial charge in [0.05, 0.1) is 0 Å². The van der Waals surface area contributed by atoms with Crippen molar-refractivity contribution >= 4 is 17.9 Å². The molecule has 0 radical (unpaired) electrons. The number of aromatic hydroxyl groups is 1. The van der Waals surface area contributed by atoms with Crippen LogP contribution in [0.15, 0.2) is 24.3 Å². The van der Waals surface area contributed by atoms with Gasteiger partial charge in [0.25, 0.3) is 0 Å². The van der Waals surface area contributed by atoms with Gasteiger partial charge in [-0.05, 0) is 57.9 Å². The van der Waals surface area contributed by atoms with E-state index < -0.39 is 23.8 Å². The first-order chi connectivity index (χ1) is 16.4. The number of rotatable bonds is 11. The van der Waals surface area contributed by atoms with Crippen LogP contribution in [0.2, 0.25) is 0 Å². The lowest BCUT2D eigenvalue weighted by Gasteiger charge is -2.35. The smallest absolute Gasteiger partial charge is 0.408 e. The van der Waals surface area contributed by atoms with E-state index in [1.54, 1.807) is 43.9 Å². The molecule has 8 nitrogen and oxygen atoms in total. The number of para-hydroxylation sites is 1. The molecule has 3 N–H and O–H groups in total. The second-order valence-electron chi connectivity index (χ2n) is 11.0. The Labute approximate surface area is 209 Å². The van der Waals surface area contributed by atoms with Crippen molar-refractivity contribution in [2.75, 3.05) is 6.54 Å². The molecule has 1 aliphatic carbocycles. The molecule has 0 bridgehead atoms. The van der Waals surface area contributed by atoms with Gasteiger partial charge < -0.3 is 25.4 Å². The van der Waals surface area contributed by atoms with Crippen molar-refractivity contribution in [3.05, 3.63) is 29.8 Å². The number of nitrogens with one attached hydrogen (secondary N) is 2. The molecular formula is C27H43N3O5. The molecule has 1 fully saturated rings. The topological polar surface area (TPSA) is 108 Å². The maximum absolute atomic E-state index is 14.1. The number of hydrogen-bond acceptors (Lipinski definition) is 5. The molecule has 8 heteroatoms. The molecule has 1 saturated carbocycles. The Kier molecular flexibility index (Phi) is 9.98. The fourth-order valence-electron chi connectivity index (χ4n) is 4.12. The van der Waals surface area contributed by atoms with E-state index in [0.29, 0.717) is 18.5 Å². The van der Waals surface area contributed by atoms with Gasteiger partial charge in [-0.2, -0.15) is 0 Å². The Bertz CT molecular complexity index is 880. The number of carbonyl (C=O) groups excluding carboxylic acids is 3. The summed E-state index contributed by atoms with van der Waals surface area (Å²) in [6.45, 7) is 13.8. The van der Waals surface area contributed by atoms with Crippen LogP contribution in [0.3, 0.4) is 0 Å². The van der Waals surface area contributed by atoms with Gasteiger partial charge in [0, 0.05) is 18.2 Å². The summed E-state index contributed by atoms with van der Waals surface area (Å²) >= 11 is 0. The van der Waals surface area contributed by atoms with E-state index in [2.05, 4.69) is 10.6 Å². The van der Waals surface area contributed by atoms with Crippen molar-refractivity contribution in [1.82, 2.24) is 15.5 Å². The summed E-state index contributed by atoms with van der Waals surface area (Å²) in [6.07, 6.45) is 2.19. The van der Waals surface area contributed by atoms with Crippen LogP contribution in [0, 0.1) is 11.8 Å². The van der Waals surface area contributed by atoms with Gasteiger partial charge in [-0.15, -0.1) is 0 Å². The largest absolute Gasteiger partial charge is 0.508 e. The number of carbonyl (C=O) groups is 3. The molecule has 1 aromatic carbocycles. The first kappa shape index (κ1) is 28.5. The molecule has 0 aliphatic heterocycles. The van der Waals surface area contributed by atoms with E-state index >= 15 is 0 Å². The Morgan fingerprint density at radius 3 is 2.34 bits per heavy atom. The lowest BCUT2D eigenvalue weighted by molar-refractivity contribution is -0.143. The van der Waals surface area contributed by atoms with E-state index in [9.17, 15) is 19.5 Å². The quantitative estimate of drug-likeness (QED) is 0.396. The van der Waals surface area contributed by atoms with Crippen LogP contribution in [0.5, 0.6) is 5.75 Å². The predicted octanol–water partition coefficient (Wildman–Crippen LogP) is 4.53. The summed E-state index contributed by atoms with van der Waals surface area (Å²) in [7, 11) is 0. The van der Waals surface area contributed by atoms with Gasteiger partial charge in [0.15, 0.2) is 0 Å². The van der Waals surface area contributed by atoms with Crippen molar-refractivity contribution in [3.63, 3.8) is 0 Å². The predicted molar refractivity (Wildman–Crippen MR) is 136 cm³/mol. The van der Waals surface area contributed by atoms with E-state index in [1.165, 1.54) is 6.07 Å². The van der Waals surface area contributed by atoms with Crippen molar-refractivity contribution in [2.24, 2.45) is 11.8 Å². The van der Waals surface area contributed by atoms with Crippen LogP contribution >= 0.6 is 0 Å². The number of unbranched alkanes of at least 4 members (excludes halogenated alkanes) is 1. The Morgan fingerprint density at radius 2 is 1.83 bits per heavy atom. The zero-order chi connectivity index (χ0) is 26.3. The van der Waals surface area contributed by atoms with Crippen LogP contribution in [0.1, 0.15) is 85.8 Å². The summed E-state index contributed by atoms with van der Waals surface area (Å²) in [4.78, 5) is 41.7. The molecule has 1 aliphatic rings. The number of nitrogens with zero attached hydrogens (tertiary/aromatic N) is 1. The number of benzene rings is 1. The van der Waals surface area contributed by atoms with Crippen molar-refractivity contribution in [3.8, 4) is 5.75 Å². The van der Waals surface area contributed by atoms with Crippen LogP contribution in [-0.2, 0) is 14.3 Å². The maximum atomic E-state index is 14.1. The molecule has 3 amide bonds. The standard InChI is InChI=1S/C27H43N3O5/c1-8-9-14-28-24(32)23(19-12-10-11-13-22(19)31)30(21-16-18(21)4)25(33)20(15-17(2)3)29-26(34)35-27(5,6)7/h10-13,17-18,20-21,23,31H,8-9,14-16H2,1-7H3,(H,28,32)(H,29,34). The molecule has 0 spiro atoms. The van der Waals surface area contributed by atoms with E-state index in [1.807, 2.05) is 27.7 Å². The van der Waals surface area contributed by atoms with Gasteiger partial charge in [0.2, 0.25) is 11.8 Å². The van der Waals surface area contributed by atoms with E-state index in [0.717, 1.165) is 19.3 Å². The molecule has 35 heavy (non-hydrogen) atoms. The number of ether oxygens (including phenoxy) is 1. The monoisotopic (exact) mass is 489 g/mol. The lowest BCUT2D eigenvalue weighted by atomic mass is 9.98. The Balaban J connectivity index is 2.46. The van der Waals surface area contributed by atoms with Gasteiger partial charge in [0.1, 0.15) is 23.4 Å². The molecule has 2 rings (SSSR count). The Morgan fingerprint density at radius 1 is 1.20 bits per heavy atom. The average molecular weight is 490 g/mol. The zero-order valence-electron chi connectivity index (χ0n) is 22.3. The first-order valence-corrected chi connectivity index (χ1v) is 12.7. The van der Waals surface area contributed by atoms with Gasteiger partial charge in [-0.3, -0.25) is 9.59 Å². The number of phenolic OH excluding ortho intramolecular Hbond substituents is 1. The maximum Gasteiger partial charge on any atom is 0.408 e. The third-order valence-electron chi connectivity index (χ3n) is 5.96. The second-order valence-corrected chi connectivity index (χ2v) is 11.0. The van der Waals surface area contributed by atoms with E-state index in [4.69, 9.17) is 4.74 Å². The number of amides is 3. The minimum Gasteiger partial charge on any atom is -0.508 e. The zero-order valence-corrected chi connectivity index (χ0v) is 22.3. The van der Waals surface area contributed by atoms with Crippen molar-refractivity contribution in [2.45, 2.75) is 97.9 Å². The normalized spacial score (nSPS) is 19.0. The van der Waals surface area contributed by atoms with Crippen LogP contribution in [-0.4, -0.2) is 52.1 Å². The number of hydrogen-bond donors (Lipinski definition) is 3. The minimum atomic E-state index is -1.01. The van der Waals surface area contributed by atoms with Crippen LogP contribution in [0.25, 0.3) is 0 Å². The second kappa shape index (κ2) is 12.3. The molecule has 4 atom stereocenters. The third-order valence-corrected chi connectivity index (χ3v) is 5.96. The SMILES string of the molecule is CCCCNC(=O)C(c1ccccc1O)N(C(=O)C(CC(C)C)NC(=O)OC(C)(C)C)C1CC1C. The summed E-state index contributed by atoms with van der Waals surface area (Å²) < 4.78 is 5.41. The highest BCUT2D eigenvalue weighted by Gasteiger charge is 2.48. The summed E-state index contributed by atoms with van der Waals surface area (Å²) in [5.41, 5.74) is -0.341. The van der Waals surface area contributed by atoms with Gasteiger partial charge in [-0.1, -0.05) is 52.3 Å². The average Bonchev–Trinajstić information content (AvgIpc) is 3.46. The lowest BCUT2D eigenvalue weighted by Crippen LogP contribution is -2.54. The van der Waals surface area contributed by atoms with Crippen LogP contribution < -0.4 is 10.6 Å². The van der Waals surface area contributed by atoms with Crippen molar-refractivity contribution in [1.29, 1.82) is 0 Å². The third kappa shape index (κ3) is 8.44. The summed E-state index contributed by atoms with van der Waals surface area (Å²) in [5, 5.41) is 16.3. The molecule has 0 saturated heterocycles. The van der Waals surface area contributed by atoms with Crippen molar-refractivity contribution < 1.29 is 24.2 Å². The summed E-state index contributed by atoms with van der Waals surface area (Å²) in [5.74, 6) is -0.420. The van der Waals surface area contributed by atoms with Crippen LogP contribution in [0.4, 0.5) is 4.79 Å².